The Balaban J connectivity index is 1.86. The monoisotopic (exact) mass is 452 g/mol. The average Bonchev–Trinajstić information content (AvgIpc) is 3.19. The lowest BCUT2D eigenvalue weighted by Gasteiger charge is -2.19. The molecule has 6 heteroatoms. The number of aryl methyl sites for hydroxylation is 1. The first-order chi connectivity index (χ1) is 14.6. The Morgan fingerprint density at radius 3 is 2.53 bits per heavy atom. The molecule has 2 aromatic carbocycles. The highest BCUT2D eigenvalue weighted by Gasteiger charge is 2.21. The summed E-state index contributed by atoms with van der Waals surface area (Å²) in [5.41, 5.74) is 2.24. The minimum Gasteiger partial charge on any atom is -0.283 e. The van der Waals surface area contributed by atoms with Crippen LogP contribution in [0.1, 0.15) is 28.2 Å². The van der Waals surface area contributed by atoms with Crippen molar-refractivity contribution >= 4 is 44.9 Å². The van der Waals surface area contributed by atoms with Crippen LogP contribution in [0.4, 0.5) is 0 Å². The normalized spacial score (nSPS) is 12.2. The van der Waals surface area contributed by atoms with Crippen molar-refractivity contribution in [2.45, 2.75) is 30.3 Å². The highest BCUT2D eigenvalue weighted by atomic mass is 35.5. The summed E-state index contributed by atoms with van der Waals surface area (Å²) in [6.45, 7) is 6.35. The van der Waals surface area contributed by atoms with Crippen LogP contribution in [0.2, 0.25) is 5.02 Å². The molecule has 0 saturated heterocycles. The third-order valence-corrected chi connectivity index (χ3v) is 7.55. The molecule has 0 radical (unpaired) electrons. The van der Waals surface area contributed by atoms with E-state index in [1.165, 1.54) is 4.88 Å². The van der Waals surface area contributed by atoms with Crippen LogP contribution in [-0.4, -0.2) is 9.55 Å². The minimum absolute atomic E-state index is 0.0127. The Morgan fingerprint density at radius 2 is 1.87 bits per heavy atom. The van der Waals surface area contributed by atoms with E-state index in [-0.39, 0.29) is 10.8 Å². The van der Waals surface area contributed by atoms with Crippen LogP contribution in [0.25, 0.3) is 10.2 Å². The van der Waals surface area contributed by atoms with Gasteiger partial charge in [0, 0.05) is 16.4 Å². The van der Waals surface area contributed by atoms with Gasteiger partial charge in [-0.1, -0.05) is 78.8 Å². The van der Waals surface area contributed by atoms with Gasteiger partial charge in [-0.05, 0) is 35.7 Å². The number of thioether (sulfide) groups is 1. The molecule has 3 nitrogen and oxygen atoms in total. The first-order valence-corrected chi connectivity index (χ1v) is 11.8. The fraction of sp³-hybridized carbons (Fsp3) is 0.167. The third kappa shape index (κ3) is 4.24. The molecule has 2 aromatic heterocycles. The topological polar surface area (TPSA) is 34.9 Å². The maximum atomic E-state index is 13.2. The van der Waals surface area contributed by atoms with E-state index in [4.69, 9.17) is 16.6 Å². The van der Waals surface area contributed by atoms with Crippen LogP contribution in [0.5, 0.6) is 0 Å². The zero-order valence-electron chi connectivity index (χ0n) is 16.5. The van der Waals surface area contributed by atoms with E-state index in [0.717, 1.165) is 22.4 Å². The van der Waals surface area contributed by atoms with Crippen molar-refractivity contribution < 1.29 is 0 Å². The fourth-order valence-corrected chi connectivity index (χ4v) is 5.67. The summed E-state index contributed by atoms with van der Waals surface area (Å²) < 4.78 is 1.72. The number of nitrogens with zero attached hydrogens (tertiary/aromatic N) is 2. The Labute approximate surface area is 189 Å². The Morgan fingerprint density at radius 1 is 1.17 bits per heavy atom. The number of aromatic nitrogens is 2. The number of hydrogen-bond acceptors (Lipinski definition) is 4. The summed E-state index contributed by atoms with van der Waals surface area (Å²) in [7, 11) is 0. The molecule has 4 aromatic rings. The number of rotatable bonds is 7. The standard InChI is InChI=1S/C24H21ClN2OS2/c1-3-14-27-23(28)20-15-19(4-2)29-22(20)26-24(27)30-21(16-8-6-5-7-9-16)17-10-12-18(25)13-11-17/h3,5-13,15,21H,1,4,14H2,2H3. The van der Waals surface area contributed by atoms with Crippen LogP contribution in [-0.2, 0) is 13.0 Å². The number of benzene rings is 2. The van der Waals surface area contributed by atoms with E-state index in [2.05, 4.69) is 25.6 Å². The zero-order valence-corrected chi connectivity index (χ0v) is 18.9. The quantitative estimate of drug-likeness (QED) is 0.177. The maximum Gasteiger partial charge on any atom is 0.263 e. The van der Waals surface area contributed by atoms with Crippen LogP contribution < -0.4 is 5.56 Å². The molecule has 0 amide bonds. The van der Waals surface area contributed by atoms with E-state index in [9.17, 15) is 4.79 Å². The molecular formula is C24H21ClN2OS2. The van der Waals surface area contributed by atoms with Gasteiger partial charge in [0.15, 0.2) is 5.16 Å². The summed E-state index contributed by atoms with van der Waals surface area (Å²) in [6.07, 6.45) is 2.63. The Bertz CT molecular complexity index is 1230. The van der Waals surface area contributed by atoms with E-state index >= 15 is 0 Å². The molecular weight excluding hydrogens is 432 g/mol. The molecule has 30 heavy (non-hydrogen) atoms. The van der Waals surface area contributed by atoms with E-state index < -0.39 is 0 Å². The van der Waals surface area contributed by atoms with E-state index in [0.29, 0.717) is 22.1 Å². The number of allylic oxidation sites excluding steroid dienone is 1. The smallest absolute Gasteiger partial charge is 0.263 e. The molecule has 0 bridgehead atoms. The van der Waals surface area contributed by atoms with Crippen LogP contribution in [0.3, 0.4) is 0 Å². The summed E-state index contributed by atoms with van der Waals surface area (Å²) in [5.74, 6) is 0. The lowest BCUT2D eigenvalue weighted by atomic mass is 10.0. The van der Waals surface area contributed by atoms with Gasteiger partial charge in [0.25, 0.3) is 5.56 Å². The molecule has 0 spiro atoms. The van der Waals surface area contributed by atoms with Crippen molar-refractivity contribution in [2.24, 2.45) is 0 Å². The average molecular weight is 453 g/mol. The molecule has 0 aliphatic carbocycles. The molecule has 2 heterocycles. The lowest BCUT2D eigenvalue weighted by Crippen LogP contribution is -2.22. The SMILES string of the molecule is C=CCn1c(SC(c2ccccc2)c2ccc(Cl)cc2)nc2sc(CC)cc2c1=O. The molecule has 152 valence electrons. The van der Waals surface area contributed by atoms with Crippen molar-refractivity contribution in [3.63, 3.8) is 0 Å². The number of halogens is 1. The van der Waals surface area contributed by atoms with Crippen LogP contribution in [0.15, 0.2) is 83.3 Å². The van der Waals surface area contributed by atoms with Crippen LogP contribution in [0, 0.1) is 0 Å². The van der Waals surface area contributed by atoms with E-state index in [1.807, 2.05) is 48.5 Å². The predicted molar refractivity (Wildman–Crippen MR) is 129 cm³/mol. The summed E-state index contributed by atoms with van der Waals surface area (Å²) >= 11 is 9.29. The number of fused-ring (bicyclic) bond motifs is 1. The third-order valence-electron chi connectivity index (χ3n) is 4.83. The molecule has 1 atom stereocenters. The first-order valence-electron chi connectivity index (χ1n) is 9.72. The summed E-state index contributed by atoms with van der Waals surface area (Å²) in [6, 6.07) is 20.1. The zero-order chi connectivity index (χ0) is 21.1. The Hall–Kier alpha value is -2.34. The van der Waals surface area contributed by atoms with Gasteiger partial charge in [0.1, 0.15) is 4.83 Å². The molecule has 0 fully saturated rings. The summed E-state index contributed by atoms with van der Waals surface area (Å²) in [5, 5.41) is 2.06. The second-order valence-corrected chi connectivity index (χ2v) is 9.47. The lowest BCUT2D eigenvalue weighted by molar-refractivity contribution is 0.671. The molecule has 0 aliphatic rings. The largest absolute Gasteiger partial charge is 0.283 e. The van der Waals surface area contributed by atoms with E-state index in [1.54, 1.807) is 33.7 Å². The second-order valence-electron chi connectivity index (χ2n) is 6.84. The van der Waals surface area contributed by atoms with Crippen molar-refractivity contribution in [3.05, 3.63) is 105 Å². The van der Waals surface area contributed by atoms with Gasteiger partial charge in [-0.25, -0.2) is 4.98 Å². The van der Waals surface area contributed by atoms with Gasteiger partial charge in [-0.3, -0.25) is 9.36 Å². The van der Waals surface area contributed by atoms with Gasteiger partial charge in [-0.15, -0.1) is 17.9 Å². The fourth-order valence-electron chi connectivity index (χ4n) is 3.30. The summed E-state index contributed by atoms with van der Waals surface area (Å²) in [4.78, 5) is 20.1. The molecule has 0 aliphatic heterocycles. The number of hydrogen-bond donors (Lipinski definition) is 0. The first kappa shape index (κ1) is 20.9. The molecule has 1 unspecified atom stereocenters. The van der Waals surface area contributed by atoms with Crippen LogP contribution >= 0.6 is 34.7 Å². The highest BCUT2D eigenvalue weighted by Crippen LogP contribution is 2.40. The minimum atomic E-state index is -0.0190. The second kappa shape index (κ2) is 9.21. The van der Waals surface area contributed by atoms with Gasteiger partial charge < -0.3 is 0 Å². The molecule has 0 N–H and O–H groups in total. The number of thiophene rings is 1. The molecule has 0 saturated carbocycles. The van der Waals surface area contributed by atoms with Gasteiger partial charge in [0.2, 0.25) is 0 Å². The van der Waals surface area contributed by atoms with Crippen molar-refractivity contribution in [2.75, 3.05) is 0 Å². The van der Waals surface area contributed by atoms with Gasteiger partial charge in [0.05, 0.1) is 10.6 Å². The molecule has 4 rings (SSSR count). The van der Waals surface area contributed by atoms with Gasteiger partial charge in [-0.2, -0.15) is 0 Å². The Kier molecular flexibility index (Phi) is 6.42. The van der Waals surface area contributed by atoms with Crippen molar-refractivity contribution in [3.8, 4) is 0 Å². The highest BCUT2D eigenvalue weighted by molar-refractivity contribution is 7.99. The van der Waals surface area contributed by atoms with Crippen molar-refractivity contribution in [1.82, 2.24) is 9.55 Å². The maximum absolute atomic E-state index is 13.2. The predicted octanol–water partition coefficient (Wildman–Crippen LogP) is 6.74. The van der Waals surface area contributed by atoms with Gasteiger partial charge >= 0.3 is 0 Å². The van der Waals surface area contributed by atoms with Crippen molar-refractivity contribution in [1.29, 1.82) is 0 Å².